The number of amides is 1. The standard InChI is InChI=1S/C12H16ClN3O/c1-15-5-2-6-16(9-12(15)17)8-11-7-10(13)3-4-14-11/h3-4,7H,2,5-6,8-9H2,1H3. The normalized spacial score (nSPS) is 18.2. The molecule has 0 aliphatic carbocycles. The van der Waals surface area contributed by atoms with Gasteiger partial charge in [-0.15, -0.1) is 0 Å². The average molecular weight is 254 g/mol. The fraction of sp³-hybridized carbons (Fsp3) is 0.500. The zero-order valence-electron chi connectivity index (χ0n) is 9.90. The van der Waals surface area contributed by atoms with E-state index < -0.39 is 0 Å². The van der Waals surface area contributed by atoms with Gasteiger partial charge in [0.15, 0.2) is 0 Å². The van der Waals surface area contributed by atoms with Crippen LogP contribution < -0.4 is 0 Å². The summed E-state index contributed by atoms with van der Waals surface area (Å²) in [7, 11) is 1.85. The Labute approximate surface area is 106 Å². The third-order valence-electron chi connectivity index (χ3n) is 2.92. The van der Waals surface area contributed by atoms with E-state index in [1.54, 1.807) is 17.2 Å². The Morgan fingerprint density at radius 2 is 2.29 bits per heavy atom. The molecule has 0 saturated carbocycles. The lowest BCUT2D eigenvalue weighted by molar-refractivity contribution is -0.130. The highest BCUT2D eigenvalue weighted by Crippen LogP contribution is 2.11. The minimum Gasteiger partial charge on any atom is -0.345 e. The van der Waals surface area contributed by atoms with Gasteiger partial charge in [-0.1, -0.05) is 11.6 Å². The number of carbonyl (C=O) groups is 1. The van der Waals surface area contributed by atoms with E-state index >= 15 is 0 Å². The van der Waals surface area contributed by atoms with Crippen LogP contribution in [0.4, 0.5) is 0 Å². The first-order valence-electron chi connectivity index (χ1n) is 5.72. The molecule has 0 spiro atoms. The van der Waals surface area contributed by atoms with E-state index in [-0.39, 0.29) is 5.91 Å². The molecule has 1 aliphatic heterocycles. The molecule has 1 aromatic rings. The minimum atomic E-state index is 0.171. The van der Waals surface area contributed by atoms with Crippen molar-refractivity contribution in [2.24, 2.45) is 0 Å². The minimum absolute atomic E-state index is 0.171. The maximum atomic E-state index is 11.7. The Bertz CT molecular complexity index is 410. The Morgan fingerprint density at radius 1 is 1.47 bits per heavy atom. The first-order chi connectivity index (χ1) is 8.15. The van der Waals surface area contributed by atoms with Crippen molar-refractivity contribution in [1.82, 2.24) is 14.8 Å². The first kappa shape index (κ1) is 12.3. The van der Waals surface area contributed by atoms with Crippen LogP contribution in [-0.4, -0.2) is 47.4 Å². The van der Waals surface area contributed by atoms with Crippen molar-refractivity contribution in [3.63, 3.8) is 0 Å². The molecule has 0 bridgehead atoms. The molecule has 1 saturated heterocycles. The molecule has 92 valence electrons. The summed E-state index contributed by atoms with van der Waals surface area (Å²) in [5.74, 6) is 0.171. The summed E-state index contributed by atoms with van der Waals surface area (Å²) in [4.78, 5) is 19.9. The van der Waals surface area contributed by atoms with Crippen molar-refractivity contribution in [3.05, 3.63) is 29.0 Å². The van der Waals surface area contributed by atoms with Crippen molar-refractivity contribution in [1.29, 1.82) is 0 Å². The van der Waals surface area contributed by atoms with Crippen molar-refractivity contribution < 1.29 is 4.79 Å². The van der Waals surface area contributed by atoms with Crippen molar-refractivity contribution in [2.75, 3.05) is 26.7 Å². The summed E-state index contributed by atoms with van der Waals surface area (Å²) in [5, 5.41) is 0.688. The summed E-state index contributed by atoms with van der Waals surface area (Å²) < 4.78 is 0. The zero-order valence-corrected chi connectivity index (χ0v) is 10.7. The van der Waals surface area contributed by atoms with Gasteiger partial charge in [0.25, 0.3) is 0 Å². The molecule has 2 heterocycles. The Kier molecular flexibility index (Phi) is 3.97. The molecular formula is C12H16ClN3O. The predicted molar refractivity (Wildman–Crippen MR) is 66.8 cm³/mol. The van der Waals surface area contributed by atoms with Gasteiger partial charge in [0.2, 0.25) is 5.91 Å². The summed E-state index contributed by atoms with van der Waals surface area (Å²) in [6, 6.07) is 3.60. The van der Waals surface area contributed by atoms with Crippen LogP contribution in [0.1, 0.15) is 12.1 Å². The quantitative estimate of drug-likeness (QED) is 0.800. The molecule has 1 fully saturated rings. The molecule has 0 radical (unpaired) electrons. The highest BCUT2D eigenvalue weighted by Gasteiger charge is 2.19. The van der Waals surface area contributed by atoms with Gasteiger partial charge in [-0.3, -0.25) is 14.7 Å². The lowest BCUT2D eigenvalue weighted by atomic mass is 10.3. The monoisotopic (exact) mass is 253 g/mol. The van der Waals surface area contributed by atoms with E-state index in [4.69, 9.17) is 11.6 Å². The van der Waals surface area contributed by atoms with Gasteiger partial charge in [0, 0.05) is 37.9 Å². The Hall–Kier alpha value is -1.13. The number of hydrogen-bond donors (Lipinski definition) is 0. The van der Waals surface area contributed by atoms with E-state index in [2.05, 4.69) is 9.88 Å². The van der Waals surface area contributed by atoms with E-state index in [0.717, 1.165) is 25.2 Å². The summed E-state index contributed by atoms with van der Waals surface area (Å²) >= 11 is 5.91. The number of likely N-dealkylation sites (N-methyl/N-ethyl adjacent to an activating group) is 1. The number of rotatable bonds is 2. The largest absolute Gasteiger partial charge is 0.345 e. The number of aromatic nitrogens is 1. The average Bonchev–Trinajstić information content (AvgIpc) is 2.42. The summed E-state index contributed by atoms with van der Waals surface area (Å²) in [5.41, 5.74) is 0.912. The first-order valence-corrected chi connectivity index (χ1v) is 6.10. The molecule has 1 aliphatic rings. The van der Waals surface area contributed by atoms with Crippen LogP contribution in [0.3, 0.4) is 0 Å². The van der Waals surface area contributed by atoms with Gasteiger partial charge >= 0.3 is 0 Å². The van der Waals surface area contributed by atoms with Gasteiger partial charge in [-0.25, -0.2) is 0 Å². The van der Waals surface area contributed by atoms with Gasteiger partial charge < -0.3 is 4.90 Å². The second kappa shape index (κ2) is 5.47. The molecule has 0 N–H and O–H groups in total. The number of halogens is 1. The van der Waals surface area contributed by atoms with Crippen molar-refractivity contribution in [3.8, 4) is 0 Å². The van der Waals surface area contributed by atoms with Crippen LogP contribution in [-0.2, 0) is 11.3 Å². The number of carbonyl (C=O) groups excluding carboxylic acids is 1. The maximum Gasteiger partial charge on any atom is 0.236 e. The van der Waals surface area contributed by atoms with Crippen LogP contribution in [0.15, 0.2) is 18.3 Å². The summed E-state index contributed by atoms with van der Waals surface area (Å²) in [6.07, 6.45) is 2.70. The van der Waals surface area contributed by atoms with Gasteiger partial charge in [-0.2, -0.15) is 0 Å². The third-order valence-corrected chi connectivity index (χ3v) is 3.15. The van der Waals surface area contributed by atoms with Crippen molar-refractivity contribution >= 4 is 17.5 Å². The highest BCUT2D eigenvalue weighted by atomic mass is 35.5. The van der Waals surface area contributed by atoms with Crippen LogP contribution in [0.2, 0.25) is 5.02 Å². The van der Waals surface area contributed by atoms with E-state index in [1.807, 2.05) is 13.1 Å². The SMILES string of the molecule is CN1CCCN(Cc2cc(Cl)ccn2)CC1=O. The number of hydrogen-bond acceptors (Lipinski definition) is 3. The fourth-order valence-corrected chi connectivity index (χ4v) is 2.13. The molecular weight excluding hydrogens is 238 g/mol. The third kappa shape index (κ3) is 3.41. The van der Waals surface area contributed by atoms with Gasteiger partial charge in [0.1, 0.15) is 0 Å². The second-order valence-corrected chi connectivity index (χ2v) is 4.78. The van der Waals surface area contributed by atoms with E-state index in [1.165, 1.54) is 0 Å². The molecule has 2 rings (SSSR count). The second-order valence-electron chi connectivity index (χ2n) is 4.34. The van der Waals surface area contributed by atoms with Crippen LogP contribution >= 0.6 is 11.6 Å². The van der Waals surface area contributed by atoms with Gasteiger partial charge in [0.05, 0.1) is 12.2 Å². The Morgan fingerprint density at radius 3 is 3.06 bits per heavy atom. The molecule has 0 atom stereocenters. The van der Waals surface area contributed by atoms with Crippen molar-refractivity contribution in [2.45, 2.75) is 13.0 Å². The molecule has 5 heteroatoms. The molecule has 0 unspecified atom stereocenters. The molecule has 17 heavy (non-hydrogen) atoms. The topological polar surface area (TPSA) is 36.4 Å². The number of nitrogens with zero attached hydrogens (tertiary/aromatic N) is 3. The lowest BCUT2D eigenvalue weighted by Crippen LogP contribution is -2.34. The maximum absolute atomic E-state index is 11.7. The Balaban J connectivity index is 2.01. The highest BCUT2D eigenvalue weighted by molar-refractivity contribution is 6.30. The van der Waals surface area contributed by atoms with E-state index in [9.17, 15) is 4.79 Å². The molecule has 1 aromatic heterocycles. The number of pyridine rings is 1. The molecule has 0 aromatic carbocycles. The zero-order chi connectivity index (χ0) is 12.3. The molecule has 1 amide bonds. The van der Waals surface area contributed by atoms with E-state index in [0.29, 0.717) is 18.1 Å². The smallest absolute Gasteiger partial charge is 0.236 e. The van der Waals surface area contributed by atoms with Crippen LogP contribution in [0.25, 0.3) is 0 Å². The summed E-state index contributed by atoms with van der Waals surface area (Å²) in [6.45, 7) is 2.90. The molecule has 4 nitrogen and oxygen atoms in total. The van der Waals surface area contributed by atoms with Gasteiger partial charge in [-0.05, 0) is 18.6 Å². The van der Waals surface area contributed by atoms with Crippen LogP contribution in [0, 0.1) is 0 Å². The predicted octanol–water partition coefficient (Wildman–Crippen LogP) is 1.40. The van der Waals surface area contributed by atoms with Crippen LogP contribution in [0.5, 0.6) is 0 Å². The lowest BCUT2D eigenvalue weighted by Gasteiger charge is -2.18. The fourth-order valence-electron chi connectivity index (χ4n) is 1.95.